The fraction of sp³-hybridized carbons (Fsp3) is 0.438. The van der Waals surface area contributed by atoms with Crippen molar-refractivity contribution in [2.75, 3.05) is 18.1 Å². The van der Waals surface area contributed by atoms with Gasteiger partial charge in [0.05, 0.1) is 0 Å². The van der Waals surface area contributed by atoms with Crippen LogP contribution in [0.4, 0.5) is 11.4 Å². The topological polar surface area (TPSA) is 88.4 Å². The van der Waals surface area contributed by atoms with Gasteiger partial charge in [-0.25, -0.2) is 0 Å². The Kier molecular flexibility index (Phi) is 14.2. The van der Waals surface area contributed by atoms with Crippen molar-refractivity contribution >= 4 is 45.8 Å². The van der Waals surface area contributed by atoms with Crippen molar-refractivity contribution < 1.29 is 20.7 Å². The van der Waals surface area contributed by atoms with E-state index >= 15 is 0 Å². The molecule has 1 aliphatic heterocycles. The average Bonchev–Trinajstić information content (AvgIpc) is 3.38. The highest BCUT2D eigenvalue weighted by Crippen LogP contribution is 2.51. The zero-order chi connectivity index (χ0) is 38.9. The van der Waals surface area contributed by atoms with Crippen LogP contribution in [0.25, 0.3) is 16.8 Å². The molecule has 0 atom stereocenters. The van der Waals surface area contributed by atoms with Crippen LogP contribution in [0.3, 0.4) is 0 Å². The zero-order valence-electron chi connectivity index (χ0n) is 33.3. The van der Waals surface area contributed by atoms with E-state index in [-0.39, 0.29) is 17.3 Å². The normalized spacial score (nSPS) is 18.0. The highest BCUT2D eigenvalue weighted by atomic mass is 35.5. The largest absolute Gasteiger partial charge is 0.481 e. The number of carboxylic acids is 1. The Bertz CT molecular complexity index is 1960. The summed E-state index contributed by atoms with van der Waals surface area (Å²) >= 11 is 7.17. The maximum absolute atomic E-state index is 11.1. The third-order valence-electron chi connectivity index (χ3n) is 11.4. The third kappa shape index (κ3) is 9.48. The summed E-state index contributed by atoms with van der Waals surface area (Å²) in [6.45, 7) is 12.5. The number of rotatable bonds is 13. The Morgan fingerprint density at radius 3 is 2.56 bits per heavy atom. The van der Waals surface area contributed by atoms with Gasteiger partial charge < -0.3 is 20.8 Å². The Hall–Kier alpha value is -3.90. The number of aryl methyl sites for hydroxylation is 1. The summed E-state index contributed by atoms with van der Waals surface area (Å²) in [6, 6.07) is 17.6. The van der Waals surface area contributed by atoms with E-state index in [2.05, 4.69) is 123 Å². The van der Waals surface area contributed by atoms with E-state index in [9.17, 15) is 4.79 Å². The molecule has 54 heavy (non-hydrogen) atoms. The molecule has 0 aromatic heterocycles. The molecule has 6 rings (SSSR count). The van der Waals surface area contributed by atoms with E-state index in [1.165, 1.54) is 55.6 Å². The number of unbranched alkanes of at least 4 members (excludes halogenated alkanes) is 2. The van der Waals surface area contributed by atoms with Crippen LogP contribution < -0.4 is 10.6 Å². The monoisotopic (exact) mass is 749 g/mol. The number of hydrogen-bond acceptors (Lipinski definition) is 3. The zero-order valence-corrected chi connectivity index (χ0v) is 34.1. The predicted octanol–water partition coefficient (Wildman–Crippen LogP) is 11.6. The Labute approximate surface area is 329 Å². The number of nitrogens with zero attached hydrogens (tertiary/aromatic N) is 1. The molecule has 0 saturated heterocycles. The van der Waals surface area contributed by atoms with Crippen molar-refractivity contribution in [1.82, 2.24) is 0 Å². The van der Waals surface area contributed by atoms with Crippen LogP contribution in [0, 0.1) is 0 Å². The van der Waals surface area contributed by atoms with Gasteiger partial charge in [0.25, 0.3) is 0 Å². The molecule has 0 spiro atoms. The average molecular weight is 750 g/mol. The number of carboxylic acid groups (broad SMARTS) is 1. The Balaban J connectivity index is 0.00000133. The summed E-state index contributed by atoms with van der Waals surface area (Å²) in [6.07, 6.45) is 24.7. The fourth-order valence-corrected chi connectivity index (χ4v) is 8.85. The van der Waals surface area contributed by atoms with Crippen LogP contribution in [0.2, 0.25) is 0 Å². The molecule has 288 valence electrons. The number of quaternary nitrogens is 1. The number of fused-ring (bicyclic) bond motifs is 4. The molecular weight excluding hydrogens is 688 g/mol. The van der Waals surface area contributed by atoms with Gasteiger partial charge in [-0.05, 0) is 126 Å². The van der Waals surface area contributed by atoms with Gasteiger partial charge in [0.2, 0.25) is 0 Å². The first-order chi connectivity index (χ1) is 25.9. The van der Waals surface area contributed by atoms with E-state index in [1.54, 1.807) is 0 Å². The second-order valence-corrected chi connectivity index (χ2v) is 16.6. The van der Waals surface area contributed by atoms with E-state index in [4.69, 9.17) is 21.8 Å². The summed E-state index contributed by atoms with van der Waals surface area (Å²) in [5.74, 6) is -0.720. The molecule has 0 fully saturated rings. The number of aliphatic hydroxyl groups excluding tert-OH is 1. The number of aliphatic carboxylic acids is 1. The summed E-state index contributed by atoms with van der Waals surface area (Å²) < 4.78 is 0. The number of allylic oxidation sites excluding steroid dienone is 9. The number of hydrogen-bond donors (Lipinski definition) is 3. The molecule has 5 N–H and O–H groups in total. The summed E-state index contributed by atoms with van der Waals surface area (Å²) in [4.78, 5) is 13.6. The quantitative estimate of drug-likeness (QED) is 0.152. The predicted molar refractivity (Wildman–Crippen MR) is 228 cm³/mol. The fourth-order valence-electron chi connectivity index (χ4n) is 8.54. The van der Waals surface area contributed by atoms with Crippen LogP contribution in [-0.4, -0.2) is 29.3 Å². The standard InChI is InChI=1S/C45H53ClN2O2.C3H8O/c1-44(2,41-35-20-9-7-15-31(35)23-26-37(41)47)29-12-11-17-33-18-14-19-34(43(33)46)25-28-39-45(3,4)42-36-21-10-8-16-32(36)24-27-38(42)48(39)30-13-5-6-22-40(49)50;1-2-3-4/h8-11,16-17,20-21,23-28H,5-7,12-15,18-19,22,29-30,47H2,1-4H3,(H,49,50);4H,2-3H2,1H3/p+1/b17-11+,34-25+,39-28-;. The molecule has 3 aromatic carbocycles. The first-order valence-electron chi connectivity index (χ1n) is 20.1. The lowest BCUT2D eigenvalue weighted by molar-refractivity contribution is -0.256. The molecule has 0 bridgehead atoms. The van der Waals surface area contributed by atoms with Gasteiger partial charge in [0, 0.05) is 47.0 Å². The van der Waals surface area contributed by atoms with Crippen LogP contribution >= 0.6 is 11.6 Å². The number of halogens is 1. The van der Waals surface area contributed by atoms with Gasteiger partial charge in [0.1, 0.15) is 5.69 Å². The summed E-state index contributed by atoms with van der Waals surface area (Å²) in [7, 11) is 0. The lowest BCUT2D eigenvalue weighted by atomic mass is 9.75. The number of anilines is 1. The minimum Gasteiger partial charge on any atom is -0.481 e. The minimum absolute atomic E-state index is 0.0234. The summed E-state index contributed by atoms with van der Waals surface area (Å²) in [5.41, 5.74) is 15.9. The van der Waals surface area contributed by atoms with Gasteiger partial charge in [-0.2, -0.15) is 0 Å². The number of benzene rings is 3. The Morgan fingerprint density at radius 2 is 1.80 bits per heavy atom. The maximum Gasteiger partial charge on any atom is 0.303 e. The maximum atomic E-state index is 11.1. The first-order valence-corrected chi connectivity index (χ1v) is 20.5. The van der Waals surface area contributed by atoms with Gasteiger partial charge in [-0.1, -0.05) is 119 Å². The minimum atomic E-state index is -0.720. The second-order valence-electron chi connectivity index (χ2n) is 16.3. The second kappa shape index (κ2) is 18.6. The van der Waals surface area contributed by atoms with Crippen molar-refractivity contribution in [2.45, 2.75) is 122 Å². The molecule has 3 aromatic rings. The highest BCUT2D eigenvalue weighted by Gasteiger charge is 2.41. The molecule has 5 nitrogen and oxygen atoms in total. The molecule has 0 saturated carbocycles. The molecule has 6 heteroatoms. The Morgan fingerprint density at radius 1 is 1.02 bits per heavy atom. The van der Waals surface area contributed by atoms with Crippen molar-refractivity contribution in [1.29, 1.82) is 0 Å². The van der Waals surface area contributed by atoms with E-state index < -0.39 is 5.97 Å². The van der Waals surface area contributed by atoms with Crippen molar-refractivity contribution in [3.05, 3.63) is 123 Å². The number of carbonyl (C=O) groups is 1. The van der Waals surface area contributed by atoms with E-state index in [0.29, 0.717) is 13.0 Å². The molecule has 2 aliphatic carbocycles. The van der Waals surface area contributed by atoms with Crippen LogP contribution in [0.5, 0.6) is 0 Å². The highest BCUT2D eigenvalue weighted by molar-refractivity contribution is 6.32. The smallest absolute Gasteiger partial charge is 0.303 e. The van der Waals surface area contributed by atoms with Crippen molar-refractivity contribution in [2.24, 2.45) is 0 Å². The van der Waals surface area contributed by atoms with E-state index in [1.807, 2.05) is 6.92 Å². The van der Waals surface area contributed by atoms with Crippen molar-refractivity contribution in [3.63, 3.8) is 0 Å². The van der Waals surface area contributed by atoms with E-state index in [0.717, 1.165) is 81.5 Å². The van der Waals surface area contributed by atoms with Crippen LogP contribution in [0.15, 0.2) is 101 Å². The molecule has 0 radical (unpaired) electrons. The van der Waals surface area contributed by atoms with Gasteiger partial charge in [0.15, 0.2) is 0 Å². The van der Waals surface area contributed by atoms with Crippen LogP contribution in [0.1, 0.15) is 128 Å². The molecule has 1 heterocycles. The lowest BCUT2D eigenvalue weighted by Crippen LogP contribution is -2.43. The summed E-state index contributed by atoms with van der Waals surface area (Å²) in [5, 5.41) is 20.4. The van der Waals surface area contributed by atoms with Gasteiger partial charge in [-0.15, -0.1) is 0 Å². The van der Waals surface area contributed by atoms with Gasteiger partial charge >= 0.3 is 5.97 Å². The molecule has 3 aliphatic rings. The first kappa shape index (κ1) is 41.3. The molecular formula is C48H62ClN2O3+. The van der Waals surface area contributed by atoms with Crippen LogP contribution in [-0.2, 0) is 22.0 Å². The SMILES string of the molecule is CC(C)(CC/C=C/C1=C(Cl)C(=C/C=C2\N(CCCCCC(=O)O)c3ccc4ccccc4c3C2(C)C)/CCC1)c1c([NH3+])ccc2c1C=CCC2.CCCO. The lowest BCUT2D eigenvalue weighted by Gasteiger charge is -2.29. The van der Waals surface area contributed by atoms with Gasteiger partial charge in [-0.3, -0.25) is 4.79 Å². The number of aliphatic hydroxyl groups is 1. The third-order valence-corrected chi connectivity index (χ3v) is 11.9. The van der Waals surface area contributed by atoms with Crippen molar-refractivity contribution in [3.8, 4) is 0 Å². The molecule has 0 unspecified atom stereocenters. The molecule has 0 amide bonds.